The fourth-order valence-electron chi connectivity index (χ4n) is 3.69. The van der Waals surface area contributed by atoms with Gasteiger partial charge in [0.25, 0.3) is 15.9 Å². The summed E-state index contributed by atoms with van der Waals surface area (Å²) in [5.41, 5.74) is 1.17. The van der Waals surface area contributed by atoms with E-state index < -0.39 is 15.9 Å². The van der Waals surface area contributed by atoms with E-state index in [0.29, 0.717) is 5.92 Å². The van der Waals surface area contributed by atoms with Gasteiger partial charge in [-0.1, -0.05) is 38.1 Å². The first kappa shape index (κ1) is 22.8. The lowest BCUT2D eigenvalue weighted by molar-refractivity contribution is -0.122. The van der Waals surface area contributed by atoms with E-state index in [1.165, 1.54) is 12.1 Å². The third-order valence-electron chi connectivity index (χ3n) is 5.24. The van der Waals surface area contributed by atoms with Crippen LogP contribution in [0.2, 0.25) is 0 Å². The van der Waals surface area contributed by atoms with Gasteiger partial charge in [-0.25, -0.2) is 12.7 Å². The van der Waals surface area contributed by atoms with Gasteiger partial charge in [-0.2, -0.15) is 0 Å². The summed E-state index contributed by atoms with van der Waals surface area (Å²) in [5.74, 6) is 0.407. The van der Waals surface area contributed by atoms with Crippen molar-refractivity contribution < 1.29 is 22.7 Å². The second-order valence-electron chi connectivity index (χ2n) is 8.00. The number of sulfonamides is 1. The van der Waals surface area contributed by atoms with Gasteiger partial charge in [0.1, 0.15) is 10.6 Å². The van der Waals surface area contributed by atoms with Crippen LogP contribution in [-0.2, 0) is 14.8 Å². The molecule has 1 N–H and O–H groups in total. The molecule has 0 fully saturated rings. The summed E-state index contributed by atoms with van der Waals surface area (Å²) in [6.45, 7) is 4.15. The molecule has 0 saturated carbocycles. The lowest BCUT2D eigenvalue weighted by Gasteiger charge is -2.22. The molecule has 0 aromatic heterocycles. The number of ether oxygens (including phenoxy) is 1. The number of hydrogen-bond acceptors (Lipinski definition) is 5. The van der Waals surface area contributed by atoms with E-state index in [1.807, 2.05) is 24.3 Å². The Morgan fingerprint density at radius 2 is 1.77 bits per heavy atom. The van der Waals surface area contributed by atoms with E-state index in [0.717, 1.165) is 22.0 Å². The van der Waals surface area contributed by atoms with Crippen LogP contribution in [0.15, 0.2) is 53.4 Å². The lowest BCUT2D eigenvalue weighted by Crippen LogP contribution is -2.33. The van der Waals surface area contributed by atoms with E-state index in [9.17, 15) is 18.0 Å². The molecule has 2 aromatic rings. The summed E-state index contributed by atoms with van der Waals surface area (Å²) in [6.07, 6.45) is 1.15. The number of methoxy groups -OCH3 is 1. The minimum Gasteiger partial charge on any atom is -0.497 e. The standard InChI is InChI=1S/C23H28N2O5S/c1-16(2)15-20(17-10-12-18(30-3)13-11-17)24-22(26)9-6-14-25-23(27)19-7-4-5-8-21(19)31(25,28)29/h4-5,7-8,10-13,16,20H,6,9,14-15H2,1-3H3,(H,24,26)/t20-/m1/s1. The zero-order valence-corrected chi connectivity index (χ0v) is 18.8. The molecule has 166 valence electrons. The van der Waals surface area contributed by atoms with Crippen LogP contribution < -0.4 is 10.1 Å². The molecule has 2 amide bonds. The largest absolute Gasteiger partial charge is 0.497 e. The Bertz CT molecular complexity index is 1050. The maximum absolute atomic E-state index is 12.6. The molecule has 0 bridgehead atoms. The Morgan fingerprint density at radius 1 is 1.10 bits per heavy atom. The topological polar surface area (TPSA) is 92.8 Å². The second-order valence-corrected chi connectivity index (χ2v) is 9.84. The van der Waals surface area contributed by atoms with Crippen LogP contribution in [0.25, 0.3) is 0 Å². The van der Waals surface area contributed by atoms with E-state index in [4.69, 9.17) is 4.74 Å². The number of amides is 2. The van der Waals surface area contributed by atoms with E-state index in [1.54, 1.807) is 19.2 Å². The molecule has 31 heavy (non-hydrogen) atoms. The van der Waals surface area contributed by atoms with Crippen LogP contribution in [0.4, 0.5) is 0 Å². The number of hydrogen-bond donors (Lipinski definition) is 1. The quantitative estimate of drug-likeness (QED) is 0.639. The molecule has 0 saturated heterocycles. The molecule has 0 unspecified atom stereocenters. The summed E-state index contributed by atoms with van der Waals surface area (Å²) in [6, 6.07) is 13.6. The Kier molecular flexibility index (Phi) is 7.00. The van der Waals surface area contributed by atoms with Crippen molar-refractivity contribution in [2.75, 3.05) is 13.7 Å². The summed E-state index contributed by atoms with van der Waals surface area (Å²) < 4.78 is 31.3. The van der Waals surface area contributed by atoms with E-state index >= 15 is 0 Å². The minimum atomic E-state index is -3.84. The van der Waals surface area contributed by atoms with Crippen molar-refractivity contribution in [2.45, 2.75) is 44.0 Å². The Balaban J connectivity index is 1.60. The highest BCUT2D eigenvalue weighted by Gasteiger charge is 2.40. The van der Waals surface area contributed by atoms with E-state index in [2.05, 4.69) is 19.2 Å². The molecule has 0 radical (unpaired) electrons. The number of fused-ring (bicyclic) bond motifs is 1. The zero-order chi connectivity index (χ0) is 22.6. The predicted octanol–water partition coefficient (Wildman–Crippen LogP) is 3.52. The van der Waals surface area contributed by atoms with Gasteiger partial charge >= 0.3 is 0 Å². The third-order valence-corrected chi connectivity index (χ3v) is 7.08. The highest BCUT2D eigenvalue weighted by molar-refractivity contribution is 7.90. The molecule has 1 heterocycles. The first-order chi connectivity index (χ1) is 14.7. The number of nitrogens with one attached hydrogen (secondary N) is 1. The molecule has 1 aliphatic heterocycles. The first-order valence-electron chi connectivity index (χ1n) is 10.3. The molecule has 3 rings (SSSR count). The van der Waals surface area contributed by atoms with Crippen molar-refractivity contribution in [1.82, 2.24) is 9.62 Å². The van der Waals surface area contributed by atoms with Crippen LogP contribution in [0, 0.1) is 5.92 Å². The molecule has 0 aliphatic carbocycles. The molecule has 1 aliphatic rings. The number of carbonyl (C=O) groups excluding carboxylic acids is 2. The fourth-order valence-corrected chi connectivity index (χ4v) is 5.30. The maximum Gasteiger partial charge on any atom is 0.269 e. The van der Waals surface area contributed by atoms with Crippen molar-refractivity contribution in [2.24, 2.45) is 5.92 Å². The highest BCUT2D eigenvalue weighted by Crippen LogP contribution is 2.30. The van der Waals surface area contributed by atoms with Gasteiger partial charge < -0.3 is 10.1 Å². The van der Waals surface area contributed by atoms with Gasteiger partial charge in [-0.3, -0.25) is 9.59 Å². The van der Waals surface area contributed by atoms with Gasteiger partial charge in [-0.05, 0) is 48.6 Å². The van der Waals surface area contributed by atoms with Crippen LogP contribution >= 0.6 is 0 Å². The van der Waals surface area contributed by atoms with Gasteiger partial charge in [-0.15, -0.1) is 0 Å². The third kappa shape index (κ3) is 5.07. The number of rotatable bonds is 9. The van der Waals surface area contributed by atoms with Gasteiger partial charge in [0, 0.05) is 13.0 Å². The lowest BCUT2D eigenvalue weighted by atomic mass is 9.96. The Hall–Kier alpha value is -2.87. The predicted molar refractivity (Wildman–Crippen MR) is 117 cm³/mol. The molecule has 7 nitrogen and oxygen atoms in total. The van der Waals surface area contributed by atoms with Gasteiger partial charge in [0.05, 0.1) is 18.7 Å². The fraction of sp³-hybridized carbons (Fsp3) is 0.391. The molecule has 1 atom stereocenters. The second kappa shape index (κ2) is 9.51. The first-order valence-corrected chi connectivity index (χ1v) is 11.8. The Morgan fingerprint density at radius 3 is 2.39 bits per heavy atom. The summed E-state index contributed by atoms with van der Waals surface area (Å²) in [5, 5.41) is 3.04. The SMILES string of the molecule is COc1ccc([C@@H](CC(C)C)NC(=O)CCCN2C(=O)c3ccccc3S2(=O)=O)cc1. The average molecular weight is 445 g/mol. The maximum atomic E-state index is 12.6. The summed E-state index contributed by atoms with van der Waals surface area (Å²) >= 11 is 0. The molecule has 0 spiro atoms. The van der Waals surface area contributed by atoms with E-state index in [-0.39, 0.29) is 41.8 Å². The Labute approximate surface area is 183 Å². The summed E-state index contributed by atoms with van der Waals surface area (Å²) in [4.78, 5) is 25.1. The van der Waals surface area contributed by atoms with Gasteiger partial charge in [0.2, 0.25) is 5.91 Å². The number of nitrogens with zero attached hydrogens (tertiary/aromatic N) is 1. The van der Waals surface area contributed by atoms with Crippen LogP contribution in [-0.4, -0.2) is 38.2 Å². The molecular weight excluding hydrogens is 416 g/mol. The monoisotopic (exact) mass is 444 g/mol. The van der Waals surface area contributed by atoms with Crippen LogP contribution in [0.5, 0.6) is 5.75 Å². The molecule has 8 heteroatoms. The molecule has 2 aromatic carbocycles. The number of benzene rings is 2. The minimum absolute atomic E-state index is 0.0271. The van der Waals surface area contributed by atoms with Gasteiger partial charge in [0.15, 0.2) is 0 Å². The van der Waals surface area contributed by atoms with Crippen molar-refractivity contribution in [3.8, 4) is 5.75 Å². The average Bonchev–Trinajstić information content (AvgIpc) is 2.94. The molecular formula is C23H28N2O5S. The zero-order valence-electron chi connectivity index (χ0n) is 18.0. The van der Waals surface area contributed by atoms with Crippen molar-refractivity contribution >= 4 is 21.8 Å². The van der Waals surface area contributed by atoms with Crippen molar-refractivity contribution in [1.29, 1.82) is 0 Å². The summed E-state index contributed by atoms with van der Waals surface area (Å²) in [7, 11) is -2.24. The normalized spacial score (nSPS) is 15.6. The number of carbonyl (C=O) groups is 2. The smallest absolute Gasteiger partial charge is 0.269 e. The van der Waals surface area contributed by atoms with Crippen LogP contribution in [0.3, 0.4) is 0 Å². The van der Waals surface area contributed by atoms with Crippen molar-refractivity contribution in [3.05, 3.63) is 59.7 Å². The highest BCUT2D eigenvalue weighted by atomic mass is 32.2. The van der Waals surface area contributed by atoms with Crippen LogP contribution in [0.1, 0.15) is 55.1 Å². The van der Waals surface area contributed by atoms with Crippen molar-refractivity contribution in [3.63, 3.8) is 0 Å².